The lowest BCUT2D eigenvalue weighted by Crippen LogP contribution is -2.29. The summed E-state index contributed by atoms with van der Waals surface area (Å²) in [5.41, 5.74) is -0.139. The highest BCUT2D eigenvalue weighted by atomic mass is 79.9. The molecule has 3 nitrogen and oxygen atoms in total. The van der Waals surface area contributed by atoms with E-state index >= 15 is 0 Å². The molecular weight excluding hydrogens is 384 g/mol. The Morgan fingerprint density at radius 2 is 1.80 bits per heavy atom. The van der Waals surface area contributed by atoms with Gasteiger partial charge >= 0.3 is 0 Å². The Morgan fingerprint density at radius 3 is 2.35 bits per heavy atom. The molecule has 1 saturated carbocycles. The molecule has 1 aliphatic rings. The average molecular weight is 402 g/mol. The molecule has 1 aromatic rings. The van der Waals surface area contributed by atoms with Gasteiger partial charge in [-0.15, -0.1) is 0 Å². The van der Waals surface area contributed by atoms with Crippen LogP contribution < -0.4 is 0 Å². The van der Waals surface area contributed by atoms with Crippen molar-refractivity contribution in [3.8, 4) is 6.07 Å². The van der Waals surface area contributed by atoms with Gasteiger partial charge in [-0.1, -0.05) is 32.1 Å². The van der Waals surface area contributed by atoms with Gasteiger partial charge in [-0.3, -0.25) is 4.98 Å². The number of hydrogen-bond acceptors (Lipinski definition) is 3. The maximum Gasteiger partial charge on any atom is 0.116 e. The van der Waals surface area contributed by atoms with Crippen molar-refractivity contribution >= 4 is 31.9 Å². The third-order valence-electron chi connectivity index (χ3n) is 4.09. The highest BCUT2D eigenvalue weighted by molar-refractivity contribution is 9.11. The van der Waals surface area contributed by atoms with Crippen LogP contribution >= 0.6 is 31.9 Å². The second kappa shape index (κ2) is 7.02. The van der Waals surface area contributed by atoms with Gasteiger partial charge in [-0.05, 0) is 50.8 Å². The molecule has 0 bridgehead atoms. The van der Waals surface area contributed by atoms with Crippen LogP contribution in [0.5, 0.6) is 0 Å². The zero-order valence-electron chi connectivity index (χ0n) is 11.3. The zero-order valence-corrected chi connectivity index (χ0v) is 14.5. The first-order chi connectivity index (χ1) is 9.59. The van der Waals surface area contributed by atoms with Crippen molar-refractivity contribution in [2.24, 2.45) is 5.41 Å². The van der Waals surface area contributed by atoms with Crippen molar-refractivity contribution in [1.29, 1.82) is 5.26 Å². The quantitative estimate of drug-likeness (QED) is 0.766. The molecule has 1 N–H and O–H groups in total. The molecule has 1 aromatic heterocycles. The number of halogens is 2. The van der Waals surface area contributed by atoms with E-state index in [9.17, 15) is 10.4 Å². The minimum atomic E-state index is -0.840. The van der Waals surface area contributed by atoms with Gasteiger partial charge < -0.3 is 5.11 Å². The SMILES string of the molecule is N#CC1(C(O)c2ncc(Br)cc2Br)CCCCCCC1. The Hall–Kier alpha value is -0.440. The Morgan fingerprint density at radius 1 is 1.20 bits per heavy atom. The molecule has 0 amide bonds. The number of aromatic nitrogens is 1. The fourth-order valence-corrected chi connectivity index (χ4v) is 4.07. The molecular formula is C15H18Br2N2O. The second-order valence-corrected chi connectivity index (χ2v) is 7.23. The normalized spacial score (nSPS) is 20.5. The van der Waals surface area contributed by atoms with Gasteiger partial charge in [0.15, 0.2) is 0 Å². The Balaban J connectivity index is 2.31. The molecule has 1 unspecified atom stereocenters. The van der Waals surface area contributed by atoms with Crippen LogP contribution in [-0.4, -0.2) is 10.1 Å². The minimum Gasteiger partial charge on any atom is -0.385 e. The van der Waals surface area contributed by atoms with Crippen molar-refractivity contribution in [3.05, 3.63) is 26.9 Å². The Bertz CT molecular complexity index is 505. The summed E-state index contributed by atoms with van der Waals surface area (Å²) in [6.07, 6.45) is 7.83. The van der Waals surface area contributed by atoms with Crippen molar-refractivity contribution < 1.29 is 5.11 Å². The lowest BCUT2D eigenvalue weighted by molar-refractivity contribution is 0.0395. The smallest absolute Gasteiger partial charge is 0.116 e. The molecule has 0 radical (unpaired) electrons. The van der Waals surface area contributed by atoms with Crippen molar-refractivity contribution in [1.82, 2.24) is 4.98 Å². The average Bonchev–Trinajstić information content (AvgIpc) is 2.38. The Kier molecular flexibility index (Phi) is 5.59. The van der Waals surface area contributed by atoms with Crippen molar-refractivity contribution in [2.45, 2.75) is 51.0 Å². The summed E-state index contributed by atoms with van der Waals surface area (Å²) in [6.45, 7) is 0. The number of nitriles is 1. The summed E-state index contributed by atoms with van der Waals surface area (Å²) in [4.78, 5) is 4.31. The van der Waals surface area contributed by atoms with Gasteiger partial charge in [0.2, 0.25) is 0 Å². The summed E-state index contributed by atoms with van der Waals surface area (Å²) in [7, 11) is 0. The highest BCUT2D eigenvalue weighted by Gasteiger charge is 2.40. The summed E-state index contributed by atoms with van der Waals surface area (Å²) >= 11 is 6.80. The standard InChI is InChI=1S/C15H18Br2N2O/c16-11-8-12(17)13(19-9-11)14(20)15(10-18)6-4-2-1-3-5-7-15/h8-9,14,20H,1-7H2. The molecule has 108 valence electrons. The zero-order chi connectivity index (χ0) is 14.6. The van der Waals surface area contributed by atoms with Crippen LogP contribution in [0.2, 0.25) is 0 Å². The monoisotopic (exact) mass is 400 g/mol. The molecule has 1 heterocycles. The predicted octanol–water partition coefficient (Wildman–Crippen LogP) is 4.89. The topological polar surface area (TPSA) is 56.9 Å². The number of rotatable bonds is 2. The molecule has 1 atom stereocenters. The van der Waals surface area contributed by atoms with Crippen molar-refractivity contribution in [3.63, 3.8) is 0 Å². The summed E-state index contributed by atoms with van der Waals surface area (Å²) in [5.74, 6) is 0. The fraction of sp³-hybridized carbons (Fsp3) is 0.600. The lowest BCUT2D eigenvalue weighted by Gasteiger charge is -2.33. The molecule has 5 heteroatoms. The number of aliphatic hydroxyl groups excluding tert-OH is 1. The van der Waals surface area contributed by atoms with Crippen molar-refractivity contribution in [2.75, 3.05) is 0 Å². The molecule has 0 aliphatic heterocycles. The van der Waals surface area contributed by atoms with Crippen LogP contribution in [0.4, 0.5) is 0 Å². The molecule has 1 aliphatic carbocycles. The molecule has 0 aromatic carbocycles. The third kappa shape index (κ3) is 3.41. The molecule has 0 saturated heterocycles. The van der Waals surface area contributed by atoms with Crippen LogP contribution in [0.25, 0.3) is 0 Å². The Labute approximate surface area is 136 Å². The minimum absolute atomic E-state index is 0.565. The first kappa shape index (κ1) is 15.9. The van der Waals surface area contributed by atoms with Gasteiger partial charge in [0, 0.05) is 15.1 Å². The van der Waals surface area contributed by atoms with Crippen LogP contribution in [-0.2, 0) is 0 Å². The van der Waals surface area contributed by atoms with Gasteiger partial charge in [0.1, 0.15) is 6.10 Å². The fourth-order valence-electron chi connectivity index (χ4n) is 2.87. The van der Waals surface area contributed by atoms with Crippen LogP contribution in [0, 0.1) is 16.7 Å². The largest absolute Gasteiger partial charge is 0.385 e. The number of hydrogen-bond donors (Lipinski definition) is 1. The summed E-state index contributed by atoms with van der Waals surface area (Å²) < 4.78 is 1.60. The first-order valence-corrected chi connectivity index (χ1v) is 8.58. The van der Waals surface area contributed by atoms with E-state index in [0.717, 1.165) is 47.5 Å². The number of nitrogens with zero attached hydrogens (tertiary/aromatic N) is 2. The van der Waals surface area contributed by atoms with E-state index in [1.807, 2.05) is 6.07 Å². The van der Waals surface area contributed by atoms with E-state index in [-0.39, 0.29) is 0 Å². The summed E-state index contributed by atoms with van der Waals surface area (Å²) in [6, 6.07) is 4.26. The predicted molar refractivity (Wildman–Crippen MR) is 85.0 cm³/mol. The molecule has 20 heavy (non-hydrogen) atoms. The van der Waals surface area contributed by atoms with E-state index in [0.29, 0.717) is 5.69 Å². The van der Waals surface area contributed by atoms with Crippen LogP contribution in [0.15, 0.2) is 21.2 Å². The van der Waals surface area contributed by atoms with Gasteiger partial charge in [-0.2, -0.15) is 5.26 Å². The molecule has 1 fully saturated rings. The molecule has 2 rings (SSSR count). The first-order valence-electron chi connectivity index (χ1n) is 6.99. The molecule has 0 spiro atoms. The maximum absolute atomic E-state index is 10.8. The third-order valence-corrected chi connectivity index (χ3v) is 5.16. The van der Waals surface area contributed by atoms with Gasteiger partial charge in [-0.25, -0.2) is 0 Å². The van der Waals surface area contributed by atoms with E-state index < -0.39 is 11.5 Å². The number of aliphatic hydroxyl groups is 1. The van der Waals surface area contributed by atoms with E-state index in [2.05, 4.69) is 42.9 Å². The van der Waals surface area contributed by atoms with E-state index in [1.165, 1.54) is 6.42 Å². The van der Waals surface area contributed by atoms with Gasteiger partial charge in [0.25, 0.3) is 0 Å². The highest BCUT2D eigenvalue weighted by Crippen LogP contribution is 2.45. The maximum atomic E-state index is 10.8. The second-order valence-electron chi connectivity index (χ2n) is 5.46. The van der Waals surface area contributed by atoms with E-state index in [4.69, 9.17) is 0 Å². The van der Waals surface area contributed by atoms with Crippen LogP contribution in [0.1, 0.15) is 56.7 Å². The lowest BCUT2D eigenvalue weighted by atomic mass is 9.72. The van der Waals surface area contributed by atoms with E-state index in [1.54, 1.807) is 6.20 Å². The number of pyridine rings is 1. The van der Waals surface area contributed by atoms with Gasteiger partial charge in [0.05, 0.1) is 17.2 Å². The van der Waals surface area contributed by atoms with Crippen LogP contribution in [0.3, 0.4) is 0 Å². The summed E-state index contributed by atoms with van der Waals surface area (Å²) in [5, 5.41) is 20.4.